The van der Waals surface area contributed by atoms with E-state index in [9.17, 15) is 5.11 Å². The summed E-state index contributed by atoms with van der Waals surface area (Å²) in [5, 5.41) is 13.2. The molecule has 0 aromatic heterocycles. The highest BCUT2D eigenvalue weighted by atomic mass is 16.3. The van der Waals surface area contributed by atoms with Gasteiger partial charge in [-0.15, -0.1) is 0 Å². The molecule has 0 saturated heterocycles. The summed E-state index contributed by atoms with van der Waals surface area (Å²) < 4.78 is 0. The Hall–Kier alpha value is -0.860. The van der Waals surface area contributed by atoms with Gasteiger partial charge in [0.05, 0.1) is 5.60 Å². The van der Waals surface area contributed by atoms with Crippen LogP contribution in [0.3, 0.4) is 0 Å². The first-order valence-electron chi connectivity index (χ1n) is 5.13. The Balaban J connectivity index is 2.39. The number of hydrogen-bond donors (Lipinski definition) is 2. The van der Waals surface area contributed by atoms with E-state index in [1.807, 2.05) is 19.9 Å². The van der Waals surface area contributed by atoms with E-state index in [-0.39, 0.29) is 0 Å². The zero-order chi connectivity index (χ0) is 10.2. The van der Waals surface area contributed by atoms with Gasteiger partial charge in [-0.3, -0.25) is 0 Å². The van der Waals surface area contributed by atoms with Crippen LogP contribution in [-0.4, -0.2) is 11.7 Å². The van der Waals surface area contributed by atoms with Crippen LogP contribution in [0.15, 0.2) is 18.2 Å². The van der Waals surface area contributed by atoms with Crippen molar-refractivity contribution in [2.24, 2.45) is 0 Å². The van der Waals surface area contributed by atoms with E-state index in [1.54, 1.807) is 0 Å². The van der Waals surface area contributed by atoms with Crippen molar-refractivity contribution in [1.29, 1.82) is 0 Å². The average Bonchev–Trinajstić information content (AvgIpc) is 2.16. The van der Waals surface area contributed by atoms with Gasteiger partial charge in [0.15, 0.2) is 0 Å². The molecular weight excluding hydrogens is 174 g/mol. The van der Waals surface area contributed by atoms with E-state index >= 15 is 0 Å². The third-order valence-corrected chi connectivity index (χ3v) is 2.80. The van der Waals surface area contributed by atoms with E-state index in [1.165, 1.54) is 11.1 Å². The second kappa shape index (κ2) is 3.37. The maximum Gasteiger partial charge on any atom is 0.0840 e. The Bertz CT molecular complexity index is 339. The molecular formula is C12H17NO. The fourth-order valence-corrected chi connectivity index (χ4v) is 1.86. The molecule has 0 unspecified atom stereocenters. The predicted molar refractivity (Wildman–Crippen MR) is 57.1 cm³/mol. The van der Waals surface area contributed by atoms with Crippen molar-refractivity contribution in [3.8, 4) is 0 Å². The standard InChI is InChI=1S/C12H17NO/c1-12(2,14)11-4-3-10-8-13-6-5-9(10)7-11/h3-4,7,13-14H,5-6,8H2,1-2H3. The van der Waals surface area contributed by atoms with E-state index < -0.39 is 5.60 Å². The lowest BCUT2D eigenvalue weighted by atomic mass is 9.92. The molecule has 0 saturated carbocycles. The fourth-order valence-electron chi connectivity index (χ4n) is 1.86. The lowest BCUT2D eigenvalue weighted by molar-refractivity contribution is 0.0785. The summed E-state index contributed by atoms with van der Waals surface area (Å²) in [6.45, 7) is 5.66. The summed E-state index contributed by atoms with van der Waals surface area (Å²) in [6, 6.07) is 6.27. The molecule has 0 spiro atoms. The average molecular weight is 191 g/mol. The normalized spacial score (nSPS) is 16.5. The maximum absolute atomic E-state index is 9.87. The Kier molecular flexibility index (Phi) is 2.33. The number of benzene rings is 1. The van der Waals surface area contributed by atoms with Crippen LogP contribution in [0.2, 0.25) is 0 Å². The monoisotopic (exact) mass is 191 g/mol. The molecule has 14 heavy (non-hydrogen) atoms. The highest BCUT2D eigenvalue weighted by molar-refractivity contribution is 5.35. The first kappa shape index (κ1) is 9.69. The number of hydrogen-bond acceptors (Lipinski definition) is 2. The van der Waals surface area contributed by atoms with E-state index in [2.05, 4.69) is 17.4 Å². The van der Waals surface area contributed by atoms with Crippen molar-refractivity contribution in [2.75, 3.05) is 6.54 Å². The SMILES string of the molecule is CC(C)(O)c1ccc2c(c1)CCNC2. The van der Waals surface area contributed by atoms with Crippen LogP contribution in [0.25, 0.3) is 0 Å². The van der Waals surface area contributed by atoms with Crippen molar-refractivity contribution in [1.82, 2.24) is 5.32 Å². The largest absolute Gasteiger partial charge is 0.386 e. The summed E-state index contributed by atoms with van der Waals surface area (Å²) >= 11 is 0. The topological polar surface area (TPSA) is 32.3 Å². The fraction of sp³-hybridized carbons (Fsp3) is 0.500. The third-order valence-electron chi connectivity index (χ3n) is 2.80. The quantitative estimate of drug-likeness (QED) is 0.706. The zero-order valence-corrected chi connectivity index (χ0v) is 8.80. The molecule has 0 amide bonds. The van der Waals surface area contributed by atoms with Gasteiger partial charge < -0.3 is 10.4 Å². The van der Waals surface area contributed by atoms with E-state index in [0.29, 0.717) is 0 Å². The Morgan fingerprint density at radius 1 is 1.29 bits per heavy atom. The number of fused-ring (bicyclic) bond motifs is 1. The summed E-state index contributed by atoms with van der Waals surface area (Å²) in [5.74, 6) is 0. The van der Waals surface area contributed by atoms with Crippen molar-refractivity contribution in [2.45, 2.75) is 32.4 Å². The van der Waals surface area contributed by atoms with Crippen LogP contribution in [0, 0.1) is 0 Å². The second-order valence-corrected chi connectivity index (χ2v) is 4.47. The molecule has 1 aromatic rings. The van der Waals surface area contributed by atoms with Crippen LogP contribution in [0.1, 0.15) is 30.5 Å². The molecule has 76 valence electrons. The minimum absolute atomic E-state index is 0.722. The van der Waals surface area contributed by atoms with Crippen LogP contribution in [0.4, 0.5) is 0 Å². The predicted octanol–water partition coefficient (Wildman–Crippen LogP) is 1.56. The zero-order valence-electron chi connectivity index (χ0n) is 8.80. The molecule has 0 radical (unpaired) electrons. The van der Waals surface area contributed by atoms with Crippen molar-refractivity contribution < 1.29 is 5.11 Å². The molecule has 2 rings (SSSR count). The van der Waals surface area contributed by atoms with Gasteiger partial charge in [0.2, 0.25) is 0 Å². The molecule has 1 aliphatic rings. The second-order valence-electron chi connectivity index (χ2n) is 4.47. The van der Waals surface area contributed by atoms with Gasteiger partial charge >= 0.3 is 0 Å². The Labute approximate surface area is 85.0 Å². The van der Waals surface area contributed by atoms with Crippen LogP contribution >= 0.6 is 0 Å². The molecule has 1 heterocycles. The lowest BCUT2D eigenvalue weighted by Crippen LogP contribution is -2.24. The third kappa shape index (κ3) is 1.81. The van der Waals surface area contributed by atoms with Crippen molar-refractivity contribution in [3.63, 3.8) is 0 Å². The lowest BCUT2D eigenvalue weighted by Gasteiger charge is -2.22. The molecule has 2 nitrogen and oxygen atoms in total. The molecule has 2 heteroatoms. The Morgan fingerprint density at radius 2 is 2.07 bits per heavy atom. The number of rotatable bonds is 1. The van der Waals surface area contributed by atoms with Gasteiger partial charge in [-0.1, -0.05) is 18.2 Å². The van der Waals surface area contributed by atoms with Gasteiger partial charge in [0, 0.05) is 6.54 Å². The summed E-state index contributed by atoms with van der Waals surface area (Å²) in [4.78, 5) is 0. The molecule has 0 atom stereocenters. The summed E-state index contributed by atoms with van der Waals surface area (Å²) in [6.07, 6.45) is 1.07. The molecule has 1 aliphatic heterocycles. The van der Waals surface area contributed by atoms with Gasteiger partial charge in [-0.2, -0.15) is 0 Å². The van der Waals surface area contributed by atoms with E-state index in [4.69, 9.17) is 0 Å². The van der Waals surface area contributed by atoms with E-state index in [0.717, 1.165) is 25.1 Å². The maximum atomic E-state index is 9.87. The minimum atomic E-state index is -0.722. The number of nitrogens with one attached hydrogen (secondary N) is 1. The van der Waals surface area contributed by atoms with Crippen molar-refractivity contribution >= 4 is 0 Å². The van der Waals surface area contributed by atoms with Crippen LogP contribution < -0.4 is 5.32 Å². The molecule has 2 N–H and O–H groups in total. The molecule has 1 aromatic carbocycles. The smallest absolute Gasteiger partial charge is 0.0840 e. The van der Waals surface area contributed by atoms with Crippen molar-refractivity contribution in [3.05, 3.63) is 34.9 Å². The van der Waals surface area contributed by atoms with Crippen LogP contribution in [-0.2, 0) is 18.6 Å². The van der Waals surface area contributed by atoms with Gasteiger partial charge in [0.1, 0.15) is 0 Å². The van der Waals surface area contributed by atoms with Gasteiger partial charge in [-0.05, 0) is 43.5 Å². The van der Waals surface area contributed by atoms with Gasteiger partial charge in [-0.25, -0.2) is 0 Å². The summed E-state index contributed by atoms with van der Waals surface area (Å²) in [7, 11) is 0. The minimum Gasteiger partial charge on any atom is -0.386 e. The first-order chi connectivity index (χ1) is 6.57. The molecule has 0 fully saturated rings. The highest BCUT2D eigenvalue weighted by Crippen LogP contribution is 2.23. The molecule has 0 bridgehead atoms. The number of aliphatic hydroxyl groups is 1. The summed E-state index contributed by atoms with van der Waals surface area (Å²) in [5.41, 5.74) is 3.03. The highest BCUT2D eigenvalue weighted by Gasteiger charge is 2.18. The van der Waals surface area contributed by atoms with Crippen LogP contribution in [0.5, 0.6) is 0 Å². The molecule has 0 aliphatic carbocycles. The first-order valence-corrected chi connectivity index (χ1v) is 5.13. The van der Waals surface area contributed by atoms with Gasteiger partial charge in [0.25, 0.3) is 0 Å². The Morgan fingerprint density at radius 3 is 2.79 bits per heavy atom.